The van der Waals surface area contributed by atoms with Crippen LogP contribution in [0.2, 0.25) is 5.02 Å². The van der Waals surface area contributed by atoms with Gasteiger partial charge in [-0.2, -0.15) is 0 Å². The van der Waals surface area contributed by atoms with Crippen molar-refractivity contribution in [2.24, 2.45) is 0 Å². The number of carbonyl (C=O) groups is 2. The second kappa shape index (κ2) is 8.10. The molecule has 2 aromatic rings. The standard InChI is InChI=1S/C19H22ClN3O4/c1-12-7-16(27-21-12)9-18(25)23-11-15(24)8-17(23)19(26)22(2)10-13-3-5-14(20)6-4-13/h3-7,15,17,24H,8-11H2,1-2H3. The smallest absolute Gasteiger partial charge is 0.245 e. The van der Waals surface area contributed by atoms with E-state index in [4.69, 9.17) is 16.1 Å². The van der Waals surface area contributed by atoms with Crippen molar-refractivity contribution in [3.05, 3.63) is 52.4 Å². The van der Waals surface area contributed by atoms with Crippen molar-refractivity contribution in [3.63, 3.8) is 0 Å². The van der Waals surface area contributed by atoms with E-state index >= 15 is 0 Å². The fraction of sp³-hybridized carbons (Fsp3) is 0.421. The molecule has 2 atom stereocenters. The van der Waals surface area contributed by atoms with Gasteiger partial charge in [0.15, 0.2) is 0 Å². The summed E-state index contributed by atoms with van der Waals surface area (Å²) < 4.78 is 5.09. The number of hydrogen-bond donors (Lipinski definition) is 1. The average molecular weight is 392 g/mol. The molecular weight excluding hydrogens is 370 g/mol. The molecular formula is C19H22ClN3O4. The Morgan fingerprint density at radius 2 is 2.07 bits per heavy atom. The van der Waals surface area contributed by atoms with Crippen molar-refractivity contribution in [3.8, 4) is 0 Å². The SMILES string of the molecule is Cc1cc(CC(=O)N2CC(O)CC2C(=O)N(C)Cc2ccc(Cl)cc2)on1. The van der Waals surface area contributed by atoms with Gasteiger partial charge in [-0.25, -0.2) is 0 Å². The van der Waals surface area contributed by atoms with Crippen molar-refractivity contribution in [2.45, 2.75) is 38.5 Å². The van der Waals surface area contributed by atoms with Gasteiger partial charge in [-0.15, -0.1) is 0 Å². The molecule has 1 aromatic heterocycles. The molecule has 0 saturated carbocycles. The maximum atomic E-state index is 12.9. The Morgan fingerprint density at radius 3 is 2.70 bits per heavy atom. The summed E-state index contributed by atoms with van der Waals surface area (Å²) >= 11 is 5.89. The van der Waals surface area contributed by atoms with Gasteiger partial charge in [-0.05, 0) is 24.6 Å². The molecule has 0 bridgehead atoms. The monoisotopic (exact) mass is 391 g/mol. The highest BCUT2D eigenvalue weighted by Crippen LogP contribution is 2.22. The van der Waals surface area contributed by atoms with Crippen LogP contribution in [0.4, 0.5) is 0 Å². The summed E-state index contributed by atoms with van der Waals surface area (Å²) in [7, 11) is 1.68. The lowest BCUT2D eigenvalue weighted by Gasteiger charge is -2.27. The van der Waals surface area contributed by atoms with Gasteiger partial charge >= 0.3 is 0 Å². The van der Waals surface area contributed by atoms with Crippen LogP contribution in [-0.4, -0.2) is 57.6 Å². The second-order valence-electron chi connectivity index (χ2n) is 6.88. The molecule has 2 unspecified atom stereocenters. The molecule has 2 heterocycles. The number of likely N-dealkylation sites (N-methyl/N-ethyl adjacent to an activating group) is 1. The first-order valence-electron chi connectivity index (χ1n) is 8.72. The Hall–Kier alpha value is -2.38. The highest BCUT2D eigenvalue weighted by atomic mass is 35.5. The topological polar surface area (TPSA) is 86.9 Å². The van der Waals surface area contributed by atoms with E-state index in [9.17, 15) is 14.7 Å². The van der Waals surface area contributed by atoms with Gasteiger partial charge < -0.3 is 19.4 Å². The first-order chi connectivity index (χ1) is 12.8. The van der Waals surface area contributed by atoms with Crippen molar-refractivity contribution in [1.29, 1.82) is 0 Å². The minimum Gasteiger partial charge on any atom is -0.391 e. The largest absolute Gasteiger partial charge is 0.391 e. The van der Waals surface area contributed by atoms with Crippen LogP contribution >= 0.6 is 11.6 Å². The molecule has 0 spiro atoms. The quantitative estimate of drug-likeness (QED) is 0.839. The number of amides is 2. The zero-order valence-electron chi connectivity index (χ0n) is 15.3. The van der Waals surface area contributed by atoms with Gasteiger partial charge in [-0.3, -0.25) is 9.59 Å². The number of benzene rings is 1. The number of aromatic nitrogens is 1. The fourth-order valence-corrected chi connectivity index (χ4v) is 3.40. The number of likely N-dealkylation sites (tertiary alicyclic amines) is 1. The van der Waals surface area contributed by atoms with Gasteiger partial charge in [0.1, 0.15) is 11.8 Å². The Bertz CT molecular complexity index is 821. The third kappa shape index (κ3) is 4.67. The highest BCUT2D eigenvalue weighted by molar-refractivity contribution is 6.30. The Labute approximate surface area is 162 Å². The second-order valence-corrected chi connectivity index (χ2v) is 7.32. The normalized spacial score (nSPS) is 19.3. The van der Waals surface area contributed by atoms with Gasteiger partial charge in [0.25, 0.3) is 0 Å². The summed E-state index contributed by atoms with van der Waals surface area (Å²) in [6, 6.07) is 8.24. The van der Waals surface area contributed by atoms with Gasteiger partial charge in [-0.1, -0.05) is 28.9 Å². The van der Waals surface area contributed by atoms with Crippen LogP contribution in [0.1, 0.15) is 23.4 Å². The van der Waals surface area contributed by atoms with Crippen molar-refractivity contribution in [1.82, 2.24) is 15.0 Å². The maximum Gasteiger partial charge on any atom is 0.245 e. The van der Waals surface area contributed by atoms with Crippen LogP contribution in [-0.2, 0) is 22.6 Å². The molecule has 1 N–H and O–H groups in total. The van der Waals surface area contributed by atoms with E-state index in [1.54, 1.807) is 37.1 Å². The molecule has 8 heteroatoms. The van der Waals surface area contributed by atoms with E-state index in [-0.39, 0.29) is 31.2 Å². The summed E-state index contributed by atoms with van der Waals surface area (Å²) in [6.07, 6.45) is -0.480. The molecule has 0 radical (unpaired) electrons. The Kier molecular flexibility index (Phi) is 5.82. The molecule has 27 heavy (non-hydrogen) atoms. The van der Waals surface area contributed by atoms with Crippen molar-refractivity contribution >= 4 is 23.4 Å². The number of nitrogens with zero attached hydrogens (tertiary/aromatic N) is 3. The first kappa shape index (κ1) is 19.4. The predicted octanol–water partition coefficient (Wildman–Crippen LogP) is 1.80. The molecule has 1 aromatic carbocycles. The van der Waals surface area contributed by atoms with Crippen LogP contribution in [0, 0.1) is 6.92 Å². The van der Waals surface area contributed by atoms with E-state index in [1.165, 1.54) is 4.90 Å². The molecule has 2 amide bonds. The predicted molar refractivity (Wildman–Crippen MR) is 99.0 cm³/mol. The van der Waals surface area contributed by atoms with Crippen molar-refractivity contribution in [2.75, 3.05) is 13.6 Å². The first-order valence-corrected chi connectivity index (χ1v) is 9.10. The minimum absolute atomic E-state index is 0.0121. The summed E-state index contributed by atoms with van der Waals surface area (Å²) in [5.74, 6) is -0.0239. The summed E-state index contributed by atoms with van der Waals surface area (Å²) in [5, 5.41) is 14.4. The molecule has 1 saturated heterocycles. The highest BCUT2D eigenvalue weighted by Gasteiger charge is 2.40. The zero-order valence-corrected chi connectivity index (χ0v) is 16.0. The number of rotatable bonds is 5. The van der Waals surface area contributed by atoms with Crippen molar-refractivity contribution < 1.29 is 19.2 Å². The fourth-order valence-electron chi connectivity index (χ4n) is 3.27. The molecule has 1 fully saturated rings. The van der Waals surface area contributed by atoms with Crippen LogP contribution in [0.3, 0.4) is 0 Å². The van der Waals surface area contributed by atoms with Crippen LogP contribution in [0.5, 0.6) is 0 Å². The zero-order chi connectivity index (χ0) is 19.6. The van der Waals surface area contributed by atoms with Gasteiger partial charge in [0.2, 0.25) is 11.8 Å². The summed E-state index contributed by atoms with van der Waals surface area (Å²) in [4.78, 5) is 28.5. The van der Waals surface area contributed by atoms with Gasteiger partial charge in [0.05, 0.1) is 18.2 Å². The maximum absolute atomic E-state index is 12.9. The number of aliphatic hydroxyl groups is 1. The third-order valence-electron chi connectivity index (χ3n) is 4.60. The lowest BCUT2D eigenvalue weighted by molar-refractivity contribution is -0.143. The van der Waals surface area contributed by atoms with E-state index in [0.717, 1.165) is 5.56 Å². The number of β-amino-alcohol motifs (C(OH)–C–C–N with tert-alkyl or cyclic N) is 1. The number of aryl methyl sites for hydroxylation is 1. The minimum atomic E-state index is -0.719. The van der Waals surface area contributed by atoms with E-state index in [1.807, 2.05) is 12.1 Å². The number of halogens is 1. The van der Waals surface area contributed by atoms with Crippen LogP contribution < -0.4 is 0 Å². The molecule has 1 aliphatic rings. The molecule has 1 aliphatic heterocycles. The van der Waals surface area contributed by atoms with E-state index in [0.29, 0.717) is 23.0 Å². The number of aliphatic hydroxyl groups excluding tert-OH is 1. The molecule has 3 rings (SSSR count). The summed E-state index contributed by atoms with van der Waals surface area (Å²) in [5.41, 5.74) is 1.62. The van der Waals surface area contributed by atoms with Crippen LogP contribution in [0.15, 0.2) is 34.9 Å². The lowest BCUT2D eigenvalue weighted by atomic mass is 10.1. The van der Waals surface area contributed by atoms with E-state index in [2.05, 4.69) is 5.16 Å². The Morgan fingerprint density at radius 1 is 1.37 bits per heavy atom. The number of hydrogen-bond acceptors (Lipinski definition) is 5. The third-order valence-corrected chi connectivity index (χ3v) is 4.85. The molecule has 144 valence electrons. The van der Waals surface area contributed by atoms with E-state index < -0.39 is 12.1 Å². The molecule has 7 nitrogen and oxygen atoms in total. The van der Waals surface area contributed by atoms with Gasteiger partial charge in [0, 0.05) is 37.6 Å². The molecule has 0 aliphatic carbocycles. The summed E-state index contributed by atoms with van der Waals surface area (Å²) in [6.45, 7) is 2.30. The lowest BCUT2D eigenvalue weighted by Crippen LogP contribution is -2.46. The average Bonchev–Trinajstić information content (AvgIpc) is 3.21. The number of carbonyl (C=O) groups excluding carboxylic acids is 2. The van der Waals surface area contributed by atoms with Crippen LogP contribution in [0.25, 0.3) is 0 Å². The Balaban J connectivity index is 1.67.